The average Bonchev–Trinajstić information content (AvgIpc) is 2.01. The first kappa shape index (κ1) is 9.65. The maximum Gasteiger partial charge on any atom is 0.155 e. The second-order valence-corrected chi connectivity index (χ2v) is 3.23. The van der Waals surface area contributed by atoms with Crippen molar-refractivity contribution in [2.75, 3.05) is 0 Å². The molecule has 0 spiro atoms. The van der Waals surface area contributed by atoms with Gasteiger partial charge in [0, 0.05) is 0 Å². The van der Waals surface area contributed by atoms with Gasteiger partial charge in [0.2, 0.25) is 0 Å². The van der Waals surface area contributed by atoms with Crippen molar-refractivity contribution in [1.29, 1.82) is 0 Å². The van der Waals surface area contributed by atoms with E-state index < -0.39 is 0 Å². The lowest BCUT2D eigenvalue weighted by Gasteiger charge is -2.03. The fraction of sp³-hybridized carbons (Fsp3) is 0. The van der Waals surface area contributed by atoms with Crippen LogP contribution in [-0.4, -0.2) is 11.4 Å². The summed E-state index contributed by atoms with van der Waals surface area (Å²) < 4.78 is 0. The van der Waals surface area contributed by atoms with Gasteiger partial charge in [-0.15, -0.1) is 0 Å². The molecule has 0 unspecified atom stereocenters. The zero-order valence-corrected chi connectivity index (χ0v) is 7.91. The summed E-state index contributed by atoms with van der Waals surface area (Å²) in [6.45, 7) is 0. The third kappa shape index (κ3) is 1.51. The number of aromatic hydroxyl groups is 1. The van der Waals surface area contributed by atoms with Crippen LogP contribution in [0, 0.1) is 0 Å². The van der Waals surface area contributed by atoms with Gasteiger partial charge in [-0.05, 0) is 6.07 Å². The third-order valence-electron chi connectivity index (χ3n) is 1.30. The van der Waals surface area contributed by atoms with Crippen molar-refractivity contribution in [3.8, 4) is 5.75 Å². The van der Waals surface area contributed by atoms with Gasteiger partial charge in [-0.3, -0.25) is 4.79 Å². The summed E-state index contributed by atoms with van der Waals surface area (Å²) in [6.07, 6.45) is 0.417. The SMILES string of the molecule is O=Cc1c(Cl)cc(Cl)c(Cl)c1O. The molecule has 0 saturated heterocycles. The maximum absolute atomic E-state index is 10.4. The zero-order chi connectivity index (χ0) is 9.30. The van der Waals surface area contributed by atoms with Crippen LogP contribution in [0.15, 0.2) is 6.07 Å². The molecule has 0 saturated carbocycles. The largest absolute Gasteiger partial charge is 0.506 e. The van der Waals surface area contributed by atoms with Crippen molar-refractivity contribution < 1.29 is 9.90 Å². The number of phenols is 1. The molecule has 0 aliphatic heterocycles. The Morgan fingerprint density at radius 1 is 1.25 bits per heavy atom. The highest BCUT2D eigenvalue weighted by molar-refractivity contribution is 6.45. The van der Waals surface area contributed by atoms with E-state index in [9.17, 15) is 9.90 Å². The minimum atomic E-state index is -0.385. The van der Waals surface area contributed by atoms with E-state index in [-0.39, 0.29) is 26.4 Å². The van der Waals surface area contributed by atoms with Gasteiger partial charge >= 0.3 is 0 Å². The minimum absolute atomic E-state index is 0.0499. The Morgan fingerprint density at radius 3 is 2.33 bits per heavy atom. The van der Waals surface area contributed by atoms with E-state index in [1.807, 2.05) is 0 Å². The average molecular weight is 225 g/mol. The predicted octanol–water partition coefficient (Wildman–Crippen LogP) is 3.16. The molecule has 1 aromatic rings. The van der Waals surface area contributed by atoms with Crippen LogP contribution in [0.3, 0.4) is 0 Å². The predicted molar refractivity (Wildman–Crippen MR) is 48.5 cm³/mol. The van der Waals surface area contributed by atoms with Gasteiger partial charge in [0.05, 0.1) is 15.6 Å². The Morgan fingerprint density at radius 2 is 1.83 bits per heavy atom. The quantitative estimate of drug-likeness (QED) is 0.589. The lowest BCUT2D eigenvalue weighted by molar-refractivity contribution is 0.112. The Kier molecular flexibility index (Phi) is 2.83. The second-order valence-electron chi connectivity index (χ2n) is 2.03. The molecule has 1 N–H and O–H groups in total. The van der Waals surface area contributed by atoms with Crippen LogP contribution in [0.1, 0.15) is 10.4 Å². The van der Waals surface area contributed by atoms with Crippen LogP contribution in [0.4, 0.5) is 0 Å². The normalized spacial score (nSPS) is 9.92. The van der Waals surface area contributed by atoms with Crippen LogP contribution in [0.5, 0.6) is 5.75 Å². The first-order chi connectivity index (χ1) is 5.57. The molecule has 0 bridgehead atoms. The monoisotopic (exact) mass is 224 g/mol. The second kappa shape index (κ2) is 3.52. The van der Waals surface area contributed by atoms with E-state index in [0.717, 1.165) is 0 Å². The van der Waals surface area contributed by atoms with Crippen molar-refractivity contribution in [1.82, 2.24) is 0 Å². The number of benzene rings is 1. The number of phenolic OH excluding ortho intramolecular Hbond substituents is 1. The molecule has 0 radical (unpaired) electrons. The topological polar surface area (TPSA) is 37.3 Å². The molecule has 12 heavy (non-hydrogen) atoms. The molecule has 0 heterocycles. The van der Waals surface area contributed by atoms with E-state index in [1.165, 1.54) is 6.07 Å². The van der Waals surface area contributed by atoms with Gasteiger partial charge in [0.15, 0.2) is 6.29 Å². The van der Waals surface area contributed by atoms with Gasteiger partial charge in [0.25, 0.3) is 0 Å². The van der Waals surface area contributed by atoms with Crippen molar-refractivity contribution in [2.24, 2.45) is 0 Å². The van der Waals surface area contributed by atoms with Crippen molar-refractivity contribution >= 4 is 41.1 Å². The van der Waals surface area contributed by atoms with E-state index in [2.05, 4.69) is 0 Å². The first-order valence-corrected chi connectivity index (χ1v) is 4.03. The molecule has 2 nitrogen and oxygen atoms in total. The molecule has 0 aliphatic rings. The van der Waals surface area contributed by atoms with E-state index in [4.69, 9.17) is 34.8 Å². The van der Waals surface area contributed by atoms with Crippen LogP contribution in [-0.2, 0) is 0 Å². The fourth-order valence-corrected chi connectivity index (χ4v) is 1.36. The van der Waals surface area contributed by atoms with Crippen molar-refractivity contribution in [3.63, 3.8) is 0 Å². The lowest BCUT2D eigenvalue weighted by Crippen LogP contribution is -1.85. The molecule has 0 atom stereocenters. The van der Waals surface area contributed by atoms with Gasteiger partial charge in [-0.2, -0.15) is 0 Å². The van der Waals surface area contributed by atoms with E-state index >= 15 is 0 Å². The lowest BCUT2D eigenvalue weighted by atomic mass is 10.2. The Bertz CT molecular complexity index is 336. The first-order valence-electron chi connectivity index (χ1n) is 2.89. The summed E-state index contributed by atoms with van der Waals surface area (Å²) in [5.74, 6) is -0.385. The van der Waals surface area contributed by atoms with Gasteiger partial charge in [-0.25, -0.2) is 0 Å². The molecular formula is C7H3Cl3O2. The van der Waals surface area contributed by atoms with Gasteiger partial charge in [-0.1, -0.05) is 34.8 Å². The van der Waals surface area contributed by atoms with Crippen LogP contribution < -0.4 is 0 Å². The number of halogens is 3. The van der Waals surface area contributed by atoms with E-state index in [0.29, 0.717) is 6.29 Å². The molecule has 1 rings (SSSR count). The zero-order valence-electron chi connectivity index (χ0n) is 5.64. The van der Waals surface area contributed by atoms with Crippen LogP contribution in [0.2, 0.25) is 15.1 Å². The van der Waals surface area contributed by atoms with Crippen molar-refractivity contribution in [3.05, 3.63) is 26.7 Å². The van der Waals surface area contributed by atoms with Gasteiger partial charge in [0.1, 0.15) is 10.8 Å². The number of carbonyl (C=O) groups excluding carboxylic acids is 1. The highest BCUT2D eigenvalue weighted by Crippen LogP contribution is 2.37. The molecular weight excluding hydrogens is 222 g/mol. The molecule has 0 aliphatic carbocycles. The summed E-state index contributed by atoms with van der Waals surface area (Å²) in [6, 6.07) is 1.30. The highest BCUT2D eigenvalue weighted by atomic mass is 35.5. The number of aldehydes is 1. The number of hydrogen-bond donors (Lipinski definition) is 1. The Hall–Kier alpha value is -0.440. The molecule has 5 heteroatoms. The highest BCUT2D eigenvalue weighted by Gasteiger charge is 2.13. The summed E-state index contributed by atoms with van der Waals surface area (Å²) in [5, 5.41) is 9.36. The molecule has 0 aromatic heterocycles. The third-order valence-corrected chi connectivity index (χ3v) is 2.39. The Labute approximate surface area is 83.7 Å². The fourth-order valence-electron chi connectivity index (χ4n) is 0.709. The number of rotatable bonds is 1. The summed E-state index contributed by atoms with van der Waals surface area (Å²) in [7, 11) is 0. The number of carbonyl (C=O) groups is 1. The summed E-state index contributed by atoms with van der Waals surface area (Å²) >= 11 is 16.7. The smallest absolute Gasteiger partial charge is 0.155 e. The van der Waals surface area contributed by atoms with Gasteiger partial charge < -0.3 is 5.11 Å². The van der Waals surface area contributed by atoms with Crippen molar-refractivity contribution in [2.45, 2.75) is 0 Å². The minimum Gasteiger partial charge on any atom is -0.506 e. The summed E-state index contributed by atoms with van der Waals surface area (Å²) in [5.41, 5.74) is -0.0499. The summed E-state index contributed by atoms with van der Waals surface area (Å²) in [4.78, 5) is 10.4. The molecule has 1 aromatic carbocycles. The maximum atomic E-state index is 10.4. The van der Waals surface area contributed by atoms with E-state index in [1.54, 1.807) is 0 Å². The number of hydrogen-bond acceptors (Lipinski definition) is 2. The van der Waals surface area contributed by atoms with Crippen LogP contribution >= 0.6 is 34.8 Å². The Balaban J connectivity index is 3.51. The molecule has 64 valence electrons. The molecule has 0 fully saturated rings. The van der Waals surface area contributed by atoms with Crippen LogP contribution in [0.25, 0.3) is 0 Å². The molecule has 0 amide bonds. The standard InChI is InChI=1S/C7H3Cl3O2/c8-4-1-5(9)6(10)7(12)3(4)2-11/h1-2,12H.